The van der Waals surface area contributed by atoms with E-state index >= 15 is 0 Å². The number of carbonyl (C=O) groups excluding carboxylic acids is 1. The summed E-state index contributed by atoms with van der Waals surface area (Å²) in [6.07, 6.45) is 0.821. The first-order valence-corrected chi connectivity index (χ1v) is 6.38. The van der Waals surface area contributed by atoms with E-state index in [2.05, 4.69) is 0 Å². The van der Waals surface area contributed by atoms with Crippen LogP contribution in [0.4, 0.5) is 10.5 Å². The number of anilines is 1. The molecular weight excluding hydrogens is 226 g/mol. The summed E-state index contributed by atoms with van der Waals surface area (Å²) in [5.74, 6) is 0. The zero-order valence-electron chi connectivity index (χ0n) is 11.1. The van der Waals surface area contributed by atoms with Crippen LogP contribution in [0.3, 0.4) is 0 Å². The molecule has 1 heterocycles. The molecule has 0 atom stereocenters. The Bertz CT molecular complexity index is 411. The molecular formula is C14H21N3O. The molecule has 1 fully saturated rings. The summed E-state index contributed by atoms with van der Waals surface area (Å²) >= 11 is 0. The normalized spacial score (nSPS) is 16.5. The van der Waals surface area contributed by atoms with Crippen LogP contribution in [0.25, 0.3) is 0 Å². The average molecular weight is 247 g/mol. The molecule has 0 radical (unpaired) electrons. The quantitative estimate of drug-likeness (QED) is 0.885. The summed E-state index contributed by atoms with van der Waals surface area (Å²) in [7, 11) is 0. The van der Waals surface area contributed by atoms with E-state index in [1.54, 1.807) is 0 Å². The fourth-order valence-corrected chi connectivity index (χ4v) is 2.06. The van der Waals surface area contributed by atoms with Gasteiger partial charge in [0, 0.05) is 30.9 Å². The maximum atomic E-state index is 12.2. The molecule has 2 amide bonds. The highest BCUT2D eigenvalue weighted by Gasteiger charge is 2.29. The number of nitrogens with zero attached hydrogens (tertiary/aromatic N) is 2. The number of rotatable bonds is 4. The SMILES string of the molecule is CC(C)(N)CCN1CCN(c2ccccc2)C1=O. The van der Waals surface area contributed by atoms with Crippen molar-refractivity contribution in [3.63, 3.8) is 0 Å². The van der Waals surface area contributed by atoms with Crippen molar-refractivity contribution in [2.24, 2.45) is 5.73 Å². The summed E-state index contributed by atoms with van der Waals surface area (Å²) in [6, 6.07) is 9.88. The van der Waals surface area contributed by atoms with Crippen molar-refractivity contribution >= 4 is 11.7 Å². The van der Waals surface area contributed by atoms with Gasteiger partial charge in [-0.2, -0.15) is 0 Å². The third-order valence-corrected chi connectivity index (χ3v) is 3.19. The van der Waals surface area contributed by atoms with E-state index in [0.29, 0.717) is 0 Å². The van der Waals surface area contributed by atoms with E-state index in [9.17, 15) is 4.79 Å². The molecule has 1 aromatic carbocycles. The minimum atomic E-state index is -0.222. The summed E-state index contributed by atoms with van der Waals surface area (Å²) < 4.78 is 0. The molecule has 0 unspecified atom stereocenters. The molecule has 0 aromatic heterocycles. The molecule has 4 nitrogen and oxygen atoms in total. The molecule has 0 bridgehead atoms. The maximum absolute atomic E-state index is 12.2. The molecule has 98 valence electrons. The number of para-hydroxylation sites is 1. The van der Waals surface area contributed by atoms with E-state index in [0.717, 1.165) is 31.7 Å². The predicted molar refractivity (Wildman–Crippen MR) is 73.6 cm³/mol. The summed E-state index contributed by atoms with van der Waals surface area (Å²) in [5, 5.41) is 0. The van der Waals surface area contributed by atoms with Crippen LogP contribution in [0.15, 0.2) is 30.3 Å². The second-order valence-electron chi connectivity index (χ2n) is 5.50. The second-order valence-corrected chi connectivity index (χ2v) is 5.50. The molecule has 4 heteroatoms. The summed E-state index contributed by atoms with van der Waals surface area (Å²) in [5.41, 5.74) is 6.70. The molecule has 1 aliphatic heterocycles. The molecule has 18 heavy (non-hydrogen) atoms. The number of hydrogen-bond donors (Lipinski definition) is 1. The summed E-state index contributed by atoms with van der Waals surface area (Å²) in [6.45, 7) is 6.24. The number of urea groups is 1. The van der Waals surface area contributed by atoms with Crippen molar-refractivity contribution in [2.45, 2.75) is 25.8 Å². The Labute approximate surface area is 108 Å². The number of carbonyl (C=O) groups is 1. The van der Waals surface area contributed by atoms with Gasteiger partial charge in [0.05, 0.1) is 0 Å². The van der Waals surface area contributed by atoms with Gasteiger partial charge in [0.1, 0.15) is 0 Å². The zero-order chi connectivity index (χ0) is 13.2. The van der Waals surface area contributed by atoms with Gasteiger partial charge in [0.15, 0.2) is 0 Å². The number of hydrogen-bond acceptors (Lipinski definition) is 2. The van der Waals surface area contributed by atoms with Gasteiger partial charge in [0.25, 0.3) is 0 Å². The molecule has 2 rings (SSSR count). The average Bonchev–Trinajstić information content (AvgIpc) is 2.68. The molecule has 1 saturated heterocycles. The number of benzene rings is 1. The van der Waals surface area contributed by atoms with Crippen LogP contribution in [-0.4, -0.2) is 36.1 Å². The monoisotopic (exact) mass is 247 g/mol. The third kappa shape index (κ3) is 3.01. The second kappa shape index (κ2) is 4.98. The minimum Gasteiger partial charge on any atom is -0.325 e. The Morgan fingerprint density at radius 2 is 1.89 bits per heavy atom. The van der Waals surface area contributed by atoms with E-state index < -0.39 is 0 Å². The highest BCUT2D eigenvalue weighted by atomic mass is 16.2. The highest BCUT2D eigenvalue weighted by molar-refractivity contribution is 5.94. The van der Waals surface area contributed by atoms with Gasteiger partial charge >= 0.3 is 6.03 Å². The van der Waals surface area contributed by atoms with Crippen LogP contribution in [-0.2, 0) is 0 Å². The van der Waals surface area contributed by atoms with Gasteiger partial charge in [-0.15, -0.1) is 0 Å². The smallest absolute Gasteiger partial charge is 0.324 e. The van der Waals surface area contributed by atoms with Crippen molar-refractivity contribution in [3.05, 3.63) is 30.3 Å². The summed E-state index contributed by atoms with van der Waals surface area (Å²) in [4.78, 5) is 15.9. The van der Waals surface area contributed by atoms with Crippen LogP contribution in [0.2, 0.25) is 0 Å². The highest BCUT2D eigenvalue weighted by Crippen LogP contribution is 2.20. The van der Waals surface area contributed by atoms with Gasteiger partial charge in [-0.25, -0.2) is 4.79 Å². The van der Waals surface area contributed by atoms with E-state index in [1.165, 1.54) is 0 Å². The Kier molecular flexibility index (Phi) is 3.57. The molecule has 2 N–H and O–H groups in total. The van der Waals surface area contributed by atoms with Gasteiger partial charge in [-0.3, -0.25) is 4.90 Å². The largest absolute Gasteiger partial charge is 0.325 e. The van der Waals surface area contributed by atoms with Gasteiger partial charge in [-0.1, -0.05) is 18.2 Å². The Balaban J connectivity index is 1.98. The molecule has 1 aromatic rings. The van der Waals surface area contributed by atoms with Crippen LogP contribution < -0.4 is 10.6 Å². The van der Waals surface area contributed by atoms with Crippen molar-refractivity contribution in [2.75, 3.05) is 24.5 Å². The van der Waals surface area contributed by atoms with Crippen LogP contribution in [0.1, 0.15) is 20.3 Å². The van der Waals surface area contributed by atoms with E-state index in [-0.39, 0.29) is 11.6 Å². The Morgan fingerprint density at radius 3 is 2.50 bits per heavy atom. The zero-order valence-corrected chi connectivity index (χ0v) is 11.1. The fourth-order valence-electron chi connectivity index (χ4n) is 2.06. The first kappa shape index (κ1) is 12.9. The standard InChI is InChI=1S/C14H21N3O/c1-14(2,15)8-9-16-10-11-17(13(16)18)12-6-4-3-5-7-12/h3-7H,8-11,15H2,1-2H3. The fraction of sp³-hybridized carbons (Fsp3) is 0.500. The third-order valence-electron chi connectivity index (χ3n) is 3.19. The van der Waals surface area contributed by atoms with E-state index in [1.807, 2.05) is 54.0 Å². The lowest BCUT2D eigenvalue weighted by molar-refractivity contribution is 0.216. The van der Waals surface area contributed by atoms with Crippen LogP contribution >= 0.6 is 0 Å². The maximum Gasteiger partial charge on any atom is 0.324 e. The van der Waals surface area contributed by atoms with Crippen LogP contribution in [0, 0.1) is 0 Å². The Morgan fingerprint density at radius 1 is 1.22 bits per heavy atom. The minimum absolute atomic E-state index is 0.0884. The number of amides is 2. The van der Waals surface area contributed by atoms with E-state index in [4.69, 9.17) is 5.73 Å². The van der Waals surface area contributed by atoms with Gasteiger partial charge in [0.2, 0.25) is 0 Å². The molecule has 1 aliphatic rings. The van der Waals surface area contributed by atoms with Crippen molar-refractivity contribution < 1.29 is 4.79 Å². The van der Waals surface area contributed by atoms with Crippen molar-refractivity contribution in [3.8, 4) is 0 Å². The lowest BCUT2D eigenvalue weighted by Gasteiger charge is -2.23. The lowest BCUT2D eigenvalue weighted by atomic mass is 10.0. The van der Waals surface area contributed by atoms with Crippen molar-refractivity contribution in [1.29, 1.82) is 0 Å². The van der Waals surface area contributed by atoms with Gasteiger partial charge in [-0.05, 0) is 32.4 Å². The Hall–Kier alpha value is -1.55. The van der Waals surface area contributed by atoms with Gasteiger partial charge < -0.3 is 10.6 Å². The number of nitrogens with two attached hydrogens (primary N) is 1. The lowest BCUT2D eigenvalue weighted by Crippen LogP contribution is -2.39. The first-order valence-electron chi connectivity index (χ1n) is 6.38. The van der Waals surface area contributed by atoms with Crippen molar-refractivity contribution in [1.82, 2.24) is 4.90 Å². The molecule has 0 saturated carbocycles. The first-order chi connectivity index (χ1) is 8.47. The molecule has 0 aliphatic carbocycles. The predicted octanol–water partition coefficient (Wildman–Crippen LogP) is 2.06. The van der Waals surface area contributed by atoms with Crippen LogP contribution in [0.5, 0.6) is 0 Å². The molecule has 0 spiro atoms. The topological polar surface area (TPSA) is 49.6 Å².